The van der Waals surface area contributed by atoms with Crippen LogP contribution in [0, 0.1) is 6.92 Å². The molecular weight excluding hydrogens is 242 g/mol. The fourth-order valence-corrected chi connectivity index (χ4v) is 2.14. The van der Waals surface area contributed by atoms with Crippen LogP contribution < -0.4 is 11.1 Å². The number of carbonyl (C=O) groups excluding carboxylic acids is 1. The number of carbonyl (C=O) groups is 1. The van der Waals surface area contributed by atoms with Crippen molar-refractivity contribution in [3.05, 3.63) is 23.8 Å². The molecule has 5 nitrogen and oxygen atoms in total. The van der Waals surface area contributed by atoms with Gasteiger partial charge in [-0.1, -0.05) is 6.07 Å². The Labute approximate surface area is 113 Å². The van der Waals surface area contributed by atoms with Gasteiger partial charge in [-0.15, -0.1) is 0 Å². The quantitative estimate of drug-likeness (QED) is 0.802. The molecule has 5 heteroatoms. The van der Waals surface area contributed by atoms with Crippen molar-refractivity contribution in [1.29, 1.82) is 0 Å². The minimum absolute atomic E-state index is 0.0300. The lowest BCUT2D eigenvalue weighted by Crippen LogP contribution is -2.38. The molecule has 1 heterocycles. The number of hydrogen-bond acceptors (Lipinski definition) is 4. The Morgan fingerprint density at radius 1 is 1.58 bits per heavy atom. The lowest BCUT2D eigenvalue weighted by Gasteiger charge is -2.22. The minimum atomic E-state index is -0.0300. The highest BCUT2D eigenvalue weighted by atomic mass is 16.5. The summed E-state index contributed by atoms with van der Waals surface area (Å²) in [6.07, 6.45) is 0.987. The Hall–Kier alpha value is -1.59. The van der Waals surface area contributed by atoms with Gasteiger partial charge in [0.2, 0.25) is 5.91 Å². The average Bonchev–Trinajstić information content (AvgIpc) is 2.87. The van der Waals surface area contributed by atoms with Crippen molar-refractivity contribution in [3.8, 4) is 0 Å². The first-order valence-corrected chi connectivity index (χ1v) is 6.50. The van der Waals surface area contributed by atoms with Gasteiger partial charge in [-0.2, -0.15) is 0 Å². The number of anilines is 2. The van der Waals surface area contributed by atoms with Crippen molar-refractivity contribution >= 4 is 17.3 Å². The summed E-state index contributed by atoms with van der Waals surface area (Å²) in [6, 6.07) is 5.89. The number of likely N-dealkylation sites (N-methyl/N-ethyl adjacent to an activating group) is 1. The maximum atomic E-state index is 11.9. The minimum Gasteiger partial charge on any atom is -0.398 e. The Morgan fingerprint density at radius 3 is 3.00 bits per heavy atom. The molecule has 104 valence electrons. The number of amides is 1. The van der Waals surface area contributed by atoms with Gasteiger partial charge in [-0.3, -0.25) is 9.69 Å². The van der Waals surface area contributed by atoms with E-state index in [9.17, 15) is 4.79 Å². The summed E-state index contributed by atoms with van der Waals surface area (Å²) >= 11 is 0. The molecule has 0 aromatic heterocycles. The number of aryl methyl sites for hydroxylation is 1. The number of nitrogen functional groups attached to an aromatic ring is 1. The molecule has 1 aromatic carbocycles. The smallest absolute Gasteiger partial charge is 0.238 e. The monoisotopic (exact) mass is 263 g/mol. The van der Waals surface area contributed by atoms with Crippen LogP contribution in [0.5, 0.6) is 0 Å². The van der Waals surface area contributed by atoms with Crippen LogP contribution in [0.2, 0.25) is 0 Å². The van der Waals surface area contributed by atoms with Gasteiger partial charge in [0.15, 0.2) is 0 Å². The van der Waals surface area contributed by atoms with Crippen LogP contribution in [0.15, 0.2) is 18.2 Å². The molecule has 1 aromatic rings. The van der Waals surface area contributed by atoms with Crippen LogP contribution in [0.1, 0.15) is 12.0 Å². The number of hydrogen-bond donors (Lipinski definition) is 2. The zero-order chi connectivity index (χ0) is 13.8. The van der Waals surface area contributed by atoms with Crippen LogP contribution in [-0.2, 0) is 9.53 Å². The molecule has 1 unspecified atom stereocenters. The topological polar surface area (TPSA) is 67.6 Å². The molecule has 0 spiro atoms. The van der Waals surface area contributed by atoms with E-state index in [1.165, 1.54) is 0 Å². The average molecular weight is 263 g/mol. The summed E-state index contributed by atoms with van der Waals surface area (Å²) in [5.74, 6) is -0.0300. The maximum absolute atomic E-state index is 11.9. The second kappa shape index (κ2) is 6.04. The Bertz CT molecular complexity index is 456. The van der Waals surface area contributed by atoms with Crippen molar-refractivity contribution in [3.63, 3.8) is 0 Å². The molecule has 1 aliphatic rings. The first-order valence-electron chi connectivity index (χ1n) is 6.50. The number of rotatable bonds is 4. The number of nitrogens with two attached hydrogens (primary N) is 1. The normalized spacial score (nSPS) is 18.8. The third-order valence-corrected chi connectivity index (χ3v) is 3.48. The second-order valence-corrected chi connectivity index (χ2v) is 5.05. The molecular formula is C14H21N3O2. The van der Waals surface area contributed by atoms with Crippen LogP contribution in [0.3, 0.4) is 0 Å². The Balaban J connectivity index is 1.88. The van der Waals surface area contributed by atoms with Gasteiger partial charge >= 0.3 is 0 Å². The van der Waals surface area contributed by atoms with E-state index in [1.807, 2.05) is 31.0 Å². The van der Waals surface area contributed by atoms with Gasteiger partial charge in [0, 0.05) is 24.0 Å². The van der Waals surface area contributed by atoms with Gasteiger partial charge in [-0.05, 0) is 38.1 Å². The summed E-state index contributed by atoms with van der Waals surface area (Å²) in [5, 5.41) is 2.86. The molecule has 1 amide bonds. The van der Waals surface area contributed by atoms with E-state index in [2.05, 4.69) is 5.32 Å². The molecule has 19 heavy (non-hydrogen) atoms. The van der Waals surface area contributed by atoms with Crippen molar-refractivity contribution in [2.45, 2.75) is 19.4 Å². The van der Waals surface area contributed by atoms with Crippen molar-refractivity contribution in [2.75, 3.05) is 37.9 Å². The Morgan fingerprint density at radius 2 is 2.37 bits per heavy atom. The van der Waals surface area contributed by atoms with E-state index < -0.39 is 0 Å². The number of benzene rings is 1. The van der Waals surface area contributed by atoms with Crippen molar-refractivity contribution in [1.82, 2.24) is 4.90 Å². The van der Waals surface area contributed by atoms with E-state index in [4.69, 9.17) is 10.5 Å². The van der Waals surface area contributed by atoms with Crippen LogP contribution in [0.25, 0.3) is 0 Å². The summed E-state index contributed by atoms with van der Waals surface area (Å²) in [7, 11) is 1.95. The first kappa shape index (κ1) is 13.8. The molecule has 0 bridgehead atoms. The largest absolute Gasteiger partial charge is 0.398 e. The van der Waals surface area contributed by atoms with Gasteiger partial charge in [0.25, 0.3) is 0 Å². The lowest BCUT2D eigenvalue weighted by atomic mass is 10.2. The van der Waals surface area contributed by atoms with Crippen molar-refractivity contribution in [2.24, 2.45) is 0 Å². The third-order valence-electron chi connectivity index (χ3n) is 3.48. The molecule has 3 N–H and O–H groups in total. The van der Waals surface area contributed by atoms with Crippen LogP contribution in [0.4, 0.5) is 11.4 Å². The molecule has 1 fully saturated rings. The van der Waals surface area contributed by atoms with E-state index in [0.29, 0.717) is 24.9 Å². The van der Waals surface area contributed by atoms with E-state index in [-0.39, 0.29) is 5.91 Å². The molecule has 1 aliphatic heterocycles. The van der Waals surface area contributed by atoms with Gasteiger partial charge < -0.3 is 15.8 Å². The maximum Gasteiger partial charge on any atom is 0.238 e. The third kappa shape index (κ3) is 3.68. The second-order valence-electron chi connectivity index (χ2n) is 5.05. The van der Waals surface area contributed by atoms with E-state index in [0.717, 1.165) is 24.3 Å². The highest BCUT2D eigenvalue weighted by molar-refractivity contribution is 5.92. The zero-order valence-corrected chi connectivity index (χ0v) is 11.5. The lowest BCUT2D eigenvalue weighted by molar-refractivity contribution is -0.117. The molecule has 1 atom stereocenters. The number of nitrogens with one attached hydrogen (secondary N) is 1. The summed E-state index contributed by atoms with van der Waals surface area (Å²) < 4.78 is 5.32. The van der Waals surface area contributed by atoms with Gasteiger partial charge in [-0.25, -0.2) is 0 Å². The highest BCUT2D eigenvalue weighted by Crippen LogP contribution is 2.17. The first-order chi connectivity index (χ1) is 9.06. The predicted molar refractivity (Wildman–Crippen MR) is 76.1 cm³/mol. The van der Waals surface area contributed by atoms with E-state index >= 15 is 0 Å². The summed E-state index contributed by atoms with van der Waals surface area (Å²) in [6.45, 7) is 3.79. The van der Waals surface area contributed by atoms with E-state index in [1.54, 1.807) is 6.07 Å². The molecule has 0 aliphatic carbocycles. The van der Waals surface area contributed by atoms with Gasteiger partial charge in [0.05, 0.1) is 13.2 Å². The fraction of sp³-hybridized carbons (Fsp3) is 0.500. The highest BCUT2D eigenvalue weighted by Gasteiger charge is 2.21. The number of nitrogens with zero attached hydrogens (tertiary/aromatic N) is 1. The Kier molecular flexibility index (Phi) is 4.39. The number of ether oxygens (including phenoxy) is 1. The van der Waals surface area contributed by atoms with Gasteiger partial charge in [0.1, 0.15) is 0 Å². The summed E-state index contributed by atoms with van der Waals surface area (Å²) in [5.41, 5.74) is 8.26. The van der Waals surface area contributed by atoms with Crippen LogP contribution in [-0.4, -0.2) is 43.7 Å². The molecule has 1 saturated heterocycles. The summed E-state index contributed by atoms with van der Waals surface area (Å²) in [4.78, 5) is 14.0. The standard InChI is InChI=1S/C14H21N3O2/c1-10-3-4-11(7-13(10)15)16-14(18)8-17(2)12-5-6-19-9-12/h3-4,7,12H,5-6,8-9,15H2,1-2H3,(H,16,18). The SMILES string of the molecule is Cc1ccc(NC(=O)CN(C)C2CCOC2)cc1N. The molecule has 0 saturated carbocycles. The van der Waals surface area contributed by atoms with Crippen LogP contribution >= 0.6 is 0 Å². The van der Waals surface area contributed by atoms with Crippen molar-refractivity contribution < 1.29 is 9.53 Å². The predicted octanol–water partition coefficient (Wildman–Crippen LogP) is 1.24. The zero-order valence-electron chi connectivity index (χ0n) is 11.5. The molecule has 2 rings (SSSR count). The molecule has 0 radical (unpaired) electrons. The fourth-order valence-electron chi connectivity index (χ4n) is 2.14.